The van der Waals surface area contributed by atoms with Crippen LogP contribution in [0.5, 0.6) is 0 Å². The number of imidazole rings is 1. The molecule has 1 aliphatic rings. The summed E-state index contributed by atoms with van der Waals surface area (Å²) in [6, 6.07) is 3.78. The van der Waals surface area contributed by atoms with Gasteiger partial charge in [0, 0.05) is 25.1 Å². The number of amides is 1. The van der Waals surface area contributed by atoms with Gasteiger partial charge < -0.3 is 5.32 Å². The minimum absolute atomic E-state index is 0.133. The molecule has 7 heteroatoms. The van der Waals surface area contributed by atoms with Gasteiger partial charge in [-0.05, 0) is 25.0 Å². The third-order valence-electron chi connectivity index (χ3n) is 3.79. The standard InChI is InChI=1S/C14H14Cl2N4O/c1-13(8-14(13,15)16)12(21)19-7-10-2-3-11(18-6-10)20-5-4-17-9-20/h2-6,9H,7-8H2,1H3,(H,19,21)/t13-/m0/s1. The number of aromatic nitrogens is 3. The van der Waals surface area contributed by atoms with Gasteiger partial charge in [-0.25, -0.2) is 9.97 Å². The van der Waals surface area contributed by atoms with Crippen molar-refractivity contribution >= 4 is 29.1 Å². The molecule has 1 amide bonds. The van der Waals surface area contributed by atoms with Crippen LogP contribution in [0.4, 0.5) is 0 Å². The molecule has 1 aliphatic carbocycles. The monoisotopic (exact) mass is 324 g/mol. The quantitative estimate of drug-likeness (QED) is 0.879. The van der Waals surface area contributed by atoms with E-state index in [9.17, 15) is 4.79 Å². The Morgan fingerprint density at radius 2 is 2.24 bits per heavy atom. The average molecular weight is 325 g/mol. The first-order chi connectivity index (χ1) is 9.92. The van der Waals surface area contributed by atoms with Crippen LogP contribution < -0.4 is 5.32 Å². The molecule has 1 fully saturated rings. The molecule has 1 saturated carbocycles. The molecule has 5 nitrogen and oxygen atoms in total. The summed E-state index contributed by atoms with van der Waals surface area (Å²) in [7, 11) is 0. The van der Waals surface area contributed by atoms with Gasteiger partial charge >= 0.3 is 0 Å². The maximum absolute atomic E-state index is 12.1. The van der Waals surface area contributed by atoms with Gasteiger partial charge in [-0.1, -0.05) is 6.07 Å². The highest BCUT2D eigenvalue weighted by molar-refractivity contribution is 6.53. The molecule has 21 heavy (non-hydrogen) atoms. The summed E-state index contributed by atoms with van der Waals surface area (Å²) in [6.07, 6.45) is 7.39. The lowest BCUT2D eigenvalue weighted by molar-refractivity contribution is -0.125. The summed E-state index contributed by atoms with van der Waals surface area (Å²) in [5.41, 5.74) is 0.214. The molecule has 2 aromatic rings. The van der Waals surface area contributed by atoms with Crippen LogP contribution in [-0.2, 0) is 11.3 Å². The van der Waals surface area contributed by atoms with Crippen LogP contribution in [0.2, 0.25) is 0 Å². The van der Waals surface area contributed by atoms with Gasteiger partial charge in [0.25, 0.3) is 0 Å². The summed E-state index contributed by atoms with van der Waals surface area (Å²) in [5.74, 6) is 0.642. The number of halogens is 2. The molecular formula is C14H14Cl2N4O. The van der Waals surface area contributed by atoms with E-state index in [0.717, 1.165) is 11.4 Å². The fourth-order valence-electron chi connectivity index (χ4n) is 2.09. The van der Waals surface area contributed by atoms with E-state index in [1.54, 1.807) is 25.6 Å². The maximum atomic E-state index is 12.1. The summed E-state index contributed by atoms with van der Waals surface area (Å²) in [4.78, 5) is 20.4. The third kappa shape index (κ3) is 2.63. The minimum atomic E-state index is -0.944. The van der Waals surface area contributed by atoms with Crippen molar-refractivity contribution in [3.8, 4) is 5.82 Å². The van der Waals surface area contributed by atoms with Crippen LogP contribution in [0.25, 0.3) is 5.82 Å². The van der Waals surface area contributed by atoms with Gasteiger partial charge in [0.1, 0.15) is 16.5 Å². The van der Waals surface area contributed by atoms with Crippen molar-refractivity contribution in [2.24, 2.45) is 5.41 Å². The lowest BCUT2D eigenvalue weighted by Gasteiger charge is -2.12. The number of hydrogen-bond donors (Lipinski definition) is 1. The average Bonchev–Trinajstić information content (AvgIpc) is 2.87. The van der Waals surface area contributed by atoms with Crippen LogP contribution in [0.3, 0.4) is 0 Å². The van der Waals surface area contributed by atoms with Crippen LogP contribution in [0.15, 0.2) is 37.1 Å². The minimum Gasteiger partial charge on any atom is -0.351 e. The fourth-order valence-corrected chi connectivity index (χ4v) is 2.80. The summed E-state index contributed by atoms with van der Waals surface area (Å²) in [6.45, 7) is 2.16. The molecule has 0 radical (unpaired) electrons. The largest absolute Gasteiger partial charge is 0.351 e. The van der Waals surface area contributed by atoms with E-state index < -0.39 is 9.75 Å². The van der Waals surface area contributed by atoms with Crippen molar-refractivity contribution in [2.75, 3.05) is 0 Å². The topological polar surface area (TPSA) is 59.8 Å². The zero-order valence-electron chi connectivity index (χ0n) is 11.4. The van der Waals surface area contributed by atoms with Gasteiger partial charge in [-0.15, -0.1) is 23.2 Å². The van der Waals surface area contributed by atoms with E-state index in [1.807, 2.05) is 22.9 Å². The smallest absolute Gasteiger partial charge is 0.229 e. The zero-order chi connectivity index (χ0) is 15.1. The van der Waals surface area contributed by atoms with E-state index in [-0.39, 0.29) is 5.91 Å². The maximum Gasteiger partial charge on any atom is 0.229 e. The van der Waals surface area contributed by atoms with E-state index in [1.165, 1.54) is 0 Å². The second kappa shape index (κ2) is 5.00. The number of nitrogens with zero attached hydrogens (tertiary/aromatic N) is 3. The molecule has 0 saturated heterocycles. The second-order valence-electron chi connectivity index (χ2n) is 5.39. The Hall–Kier alpha value is -1.59. The Labute approximate surface area is 132 Å². The molecule has 2 aromatic heterocycles. The van der Waals surface area contributed by atoms with E-state index >= 15 is 0 Å². The predicted molar refractivity (Wildman–Crippen MR) is 80.4 cm³/mol. The summed E-state index contributed by atoms with van der Waals surface area (Å²) < 4.78 is 0.865. The van der Waals surface area contributed by atoms with Gasteiger partial charge in [0.2, 0.25) is 5.91 Å². The predicted octanol–water partition coefficient (Wildman–Crippen LogP) is 2.47. The van der Waals surface area contributed by atoms with E-state index in [4.69, 9.17) is 23.2 Å². The lowest BCUT2D eigenvalue weighted by Crippen LogP contribution is -2.32. The number of carbonyl (C=O) groups excluding carboxylic acids is 1. The normalized spacial score (nSPS) is 22.8. The Bertz CT molecular complexity index is 654. The molecule has 1 atom stereocenters. The highest BCUT2D eigenvalue weighted by Gasteiger charge is 2.67. The van der Waals surface area contributed by atoms with Gasteiger partial charge in [0.15, 0.2) is 0 Å². The van der Waals surface area contributed by atoms with E-state index in [0.29, 0.717) is 13.0 Å². The molecular weight excluding hydrogens is 311 g/mol. The van der Waals surface area contributed by atoms with Crippen molar-refractivity contribution in [1.82, 2.24) is 19.9 Å². The number of hydrogen-bond acceptors (Lipinski definition) is 3. The molecule has 0 unspecified atom stereocenters. The van der Waals surface area contributed by atoms with Crippen LogP contribution >= 0.6 is 23.2 Å². The second-order valence-corrected chi connectivity index (χ2v) is 6.87. The Balaban J connectivity index is 1.60. The Kier molecular flexibility index (Phi) is 3.42. The highest BCUT2D eigenvalue weighted by Crippen LogP contribution is 2.63. The molecule has 110 valence electrons. The van der Waals surface area contributed by atoms with E-state index in [2.05, 4.69) is 15.3 Å². The van der Waals surface area contributed by atoms with Gasteiger partial charge in [0.05, 0.1) is 5.41 Å². The van der Waals surface area contributed by atoms with Crippen LogP contribution in [0, 0.1) is 5.41 Å². The zero-order valence-corrected chi connectivity index (χ0v) is 12.9. The van der Waals surface area contributed by atoms with Crippen molar-refractivity contribution in [1.29, 1.82) is 0 Å². The van der Waals surface area contributed by atoms with Gasteiger partial charge in [-0.2, -0.15) is 0 Å². The lowest BCUT2D eigenvalue weighted by atomic mass is 10.1. The van der Waals surface area contributed by atoms with Crippen molar-refractivity contribution in [3.05, 3.63) is 42.6 Å². The SMILES string of the molecule is C[C@@]1(C(=O)NCc2ccc(-n3ccnc3)nc2)CC1(Cl)Cl. The first-order valence-electron chi connectivity index (χ1n) is 6.52. The third-order valence-corrected chi connectivity index (χ3v) is 4.89. The van der Waals surface area contributed by atoms with Crippen molar-refractivity contribution < 1.29 is 4.79 Å². The van der Waals surface area contributed by atoms with Crippen molar-refractivity contribution in [2.45, 2.75) is 24.2 Å². The Morgan fingerprint density at radius 1 is 1.48 bits per heavy atom. The molecule has 3 rings (SSSR count). The number of alkyl halides is 2. The molecule has 0 aliphatic heterocycles. The van der Waals surface area contributed by atoms with Crippen LogP contribution in [-0.4, -0.2) is 24.8 Å². The number of pyridine rings is 1. The molecule has 0 bridgehead atoms. The summed E-state index contributed by atoms with van der Waals surface area (Å²) in [5, 5.41) is 2.84. The first-order valence-corrected chi connectivity index (χ1v) is 7.27. The highest BCUT2D eigenvalue weighted by atomic mass is 35.5. The Morgan fingerprint density at radius 3 is 2.76 bits per heavy atom. The van der Waals surface area contributed by atoms with Crippen LogP contribution in [0.1, 0.15) is 18.9 Å². The molecule has 0 aromatic carbocycles. The number of rotatable bonds is 4. The fraction of sp³-hybridized carbons (Fsp3) is 0.357. The number of carbonyl (C=O) groups is 1. The first kappa shape index (κ1) is 14.4. The molecule has 2 heterocycles. The van der Waals surface area contributed by atoms with Crippen molar-refractivity contribution in [3.63, 3.8) is 0 Å². The summed E-state index contributed by atoms with van der Waals surface area (Å²) >= 11 is 12.0. The molecule has 1 N–H and O–H groups in total. The molecule has 0 spiro atoms. The number of nitrogens with one attached hydrogen (secondary N) is 1. The van der Waals surface area contributed by atoms with Gasteiger partial charge in [-0.3, -0.25) is 9.36 Å².